The summed E-state index contributed by atoms with van der Waals surface area (Å²) in [5.41, 5.74) is 1.98. The molecule has 1 aliphatic rings. The number of nitriles is 1. The monoisotopic (exact) mass is 311 g/mol. The van der Waals surface area contributed by atoms with Crippen molar-refractivity contribution in [1.29, 1.82) is 5.26 Å². The van der Waals surface area contributed by atoms with E-state index in [0.717, 1.165) is 29.7 Å². The third kappa shape index (κ3) is 2.71. The first kappa shape index (κ1) is 14.3. The highest BCUT2D eigenvalue weighted by atomic mass is 32.1. The van der Waals surface area contributed by atoms with Crippen LogP contribution >= 0.6 is 11.3 Å². The van der Waals surface area contributed by atoms with Crippen LogP contribution in [0.15, 0.2) is 30.3 Å². The van der Waals surface area contributed by atoms with E-state index in [1.165, 1.54) is 11.3 Å². The zero-order valence-corrected chi connectivity index (χ0v) is 12.5. The number of urea groups is 1. The SMILES string of the molecule is N#Cc1c(NC(=O)NC(=O)c2ccccc2)sc2c1CCC2. The van der Waals surface area contributed by atoms with E-state index in [4.69, 9.17) is 0 Å². The van der Waals surface area contributed by atoms with Crippen LogP contribution in [-0.4, -0.2) is 11.9 Å². The molecule has 0 bridgehead atoms. The van der Waals surface area contributed by atoms with E-state index < -0.39 is 11.9 Å². The van der Waals surface area contributed by atoms with E-state index >= 15 is 0 Å². The molecule has 1 aromatic heterocycles. The predicted molar refractivity (Wildman–Crippen MR) is 84.0 cm³/mol. The highest BCUT2D eigenvalue weighted by molar-refractivity contribution is 7.16. The standard InChI is InChI=1S/C16H13N3O2S/c17-9-12-11-7-4-8-13(11)22-15(12)19-16(21)18-14(20)10-5-2-1-3-6-10/h1-3,5-6H,4,7-8H2,(H2,18,19,20,21). The Bertz CT molecular complexity index is 775. The Morgan fingerprint density at radius 1 is 1.18 bits per heavy atom. The fraction of sp³-hybridized carbons (Fsp3) is 0.188. The smallest absolute Gasteiger partial charge is 0.298 e. The Morgan fingerprint density at radius 2 is 1.95 bits per heavy atom. The summed E-state index contributed by atoms with van der Waals surface area (Å²) >= 11 is 1.42. The van der Waals surface area contributed by atoms with Crippen molar-refractivity contribution in [3.63, 3.8) is 0 Å². The van der Waals surface area contributed by atoms with Crippen molar-refractivity contribution in [3.05, 3.63) is 51.9 Å². The molecule has 5 nitrogen and oxygen atoms in total. The van der Waals surface area contributed by atoms with Crippen LogP contribution < -0.4 is 10.6 Å². The van der Waals surface area contributed by atoms with E-state index in [0.29, 0.717) is 16.1 Å². The van der Waals surface area contributed by atoms with Gasteiger partial charge < -0.3 is 0 Å². The molecule has 0 spiro atoms. The Hall–Kier alpha value is -2.65. The molecule has 1 aliphatic carbocycles. The molecule has 3 rings (SSSR count). The first-order valence-electron chi connectivity index (χ1n) is 6.91. The predicted octanol–water partition coefficient (Wildman–Crippen LogP) is 3.07. The average Bonchev–Trinajstić information content (AvgIpc) is 3.08. The number of hydrogen-bond donors (Lipinski definition) is 2. The normalized spacial score (nSPS) is 12.3. The van der Waals surface area contributed by atoms with Gasteiger partial charge in [-0.25, -0.2) is 4.79 Å². The fourth-order valence-corrected chi connectivity index (χ4v) is 3.74. The first-order valence-corrected chi connectivity index (χ1v) is 7.72. The molecule has 0 aliphatic heterocycles. The number of carbonyl (C=O) groups is 2. The number of aryl methyl sites for hydroxylation is 1. The summed E-state index contributed by atoms with van der Waals surface area (Å²) in [6.45, 7) is 0. The van der Waals surface area contributed by atoms with Gasteiger partial charge >= 0.3 is 6.03 Å². The van der Waals surface area contributed by atoms with Gasteiger partial charge in [-0.3, -0.25) is 15.4 Å². The van der Waals surface area contributed by atoms with E-state index in [1.807, 2.05) is 0 Å². The molecule has 0 unspecified atom stereocenters. The molecule has 110 valence electrons. The van der Waals surface area contributed by atoms with Gasteiger partial charge in [0.2, 0.25) is 0 Å². The second kappa shape index (κ2) is 6.00. The van der Waals surface area contributed by atoms with Gasteiger partial charge in [-0.1, -0.05) is 18.2 Å². The molecule has 3 amide bonds. The third-order valence-electron chi connectivity index (χ3n) is 3.52. The lowest BCUT2D eigenvalue weighted by Crippen LogP contribution is -2.34. The minimum absolute atomic E-state index is 0.409. The second-order valence-electron chi connectivity index (χ2n) is 4.95. The largest absolute Gasteiger partial charge is 0.326 e. The van der Waals surface area contributed by atoms with Crippen LogP contribution in [0.1, 0.15) is 32.8 Å². The number of imide groups is 1. The molecule has 0 radical (unpaired) electrons. The van der Waals surface area contributed by atoms with Crippen molar-refractivity contribution in [2.45, 2.75) is 19.3 Å². The van der Waals surface area contributed by atoms with Crippen LogP contribution in [0.25, 0.3) is 0 Å². The molecule has 22 heavy (non-hydrogen) atoms. The van der Waals surface area contributed by atoms with Gasteiger partial charge in [0, 0.05) is 10.4 Å². The molecule has 6 heteroatoms. The summed E-state index contributed by atoms with van der Waals surface area (Å²) in [7, 11) is 0. The van der Waals surface area contributed by atoms with Gasteiger partial charge in [-0.15, -0.1) is 11.3 Å². The number of amides is 3. The van der Waals surface area contributed by atoms with Crippen molar-refractivity contribution in [2.75, 3.05) is 5.32 Å². The molecular formula is C16H13N3O2S. The van der Waals surface area contributed by atoms with Crippen molar-refractivity contribution in [3.8, 4) is 6.07 Å². The van der Waals surface area contributed by atoms with Gasteiger partial charge in [0.05, 0.1) is 5.56 Å². The molecule has 1 aromatic carbocycles. The maximum atomic E-state index is 11.9. The molecule has 0 saturated carbocycles. The van der Waals surface area contributed by atoms with Crippen LogP contribution in [-0.2, 0) is 12.8 Å². The maximum absolute atomic E-state index is 11.9. The van der Waals surface area contributed by atoms with Crippen LogP contribution in [0.2, 0.25) is 0 Å². The number of rotatable bonds is 2. The van der Waals surface area contributed by atoms with Crippen LogP contribution in [0, 0.1) is 11.3 Å². The van der Waals surface area contributed by atoms with Gasteiger partial charge in [0.15, 0.2) is 0 Å². The van der Waals surface area contributed by atoms with Crippen molar-refractivity contribution in [2.24, 2.45) is 0 Å². The summed E-state index contributed by atoms with van der Waals surface area (Å²) in [6.07, 6.45) is 2.87. The number of benzene rings is 1. The van der Waals surface area contributed by atoms with Gasteiger partial charge in [0.25, 0.3) is 5.91 Å². The van der Waals surface area contributed by atoms with Gasteiger partial charge in [-0.2, -0.15) is 5.26 Å². The number of carbonyl (C=O) groups excluding carboxylic acids is 2. The van der Waals surface area contributed by atoms with E-state index in [2.05, 4.69) is 16.7 Å². The average molecular weight is 311 g/mol. The third-order valence-corrected chi connectivity index (χ3v) is 4.73. The quantitative estimate of drug-likeness (QED) is 0.894. The van der Waals surface area contributed by atoms with Gasteiger partial charge in [-0.05, 0) is 37.0 Å². The Balaban J connectivity index is 1.71. The van der Waals surface area contributed by atoms with Gasteiger partial charge in [0.1, 0.15) is 11.1 Å². The number of thiophene rings is 1. The van der Waals surface area contributed by atoms with E-state index in [-0.39, 0.29) is 0 Å². The van der Waals surface area contributed by atoms with Crippen molar-refractivity contribution in [1.82, 2.24) is 5.32 Å². The Labute approximate surface area is 131 Å². The summed E-state index contributed by atoms with van der Waals surface area (Å²) in [5.74, 6) is -0.472. The molecule has 0 saturated heterocycles. The number of anilines is 1. The first-order chi connectivity index (χ1) is 10.7. The van der Waals surface area contributed by atoms with Crippen molar-refractivity contribution >= 4 is 28.3 Å². The lowest BCUT2D eigenvalue weighted by atomic mass is 10.1. The zero-order chi connectivity index (χ0) is 15.5. The number of fused-ring (bicyclic) bond motifs is 1. The highest BCUT2D eigenvalue weighted by Crippen LogP contribution is 2.38. The summed E-state index contributed by atoms with van der Waals surface area (Å²) in [4.78, 5) is 25.0. The molecule has 1 heterocycles. The lowest BCUT2D eigenvalue weighted by Gasteiger charge is -2.06. The number of hydrogen-bond acceptors (Lipinski definition) is 4. The zero-order valence-electron chi connectivity index (χ0n) is 11.7. The van der Waals surface area contributed by atoms with E-state index in [9.17, 15) is 14.9 Å². The Kier molecular flexibility index (Phi) is 3.90. The topological polar surface area (TPSA) is 82.0 Å². The summed E-state index contributed by atoms with van der Waals surface area (Å²) in [5, 5.41) is 14.7. The number of nitrogens with one attached hydrogen (secondary N) is 2. The Morgan fingerprint density at radius 3 is 2.68 bits per heavy atom. The highest BCUT2D eigenvalue weighted by Gasteiger charge is 2.23. The summed E-state index contributed by atoms with van der Waals surface area (Å²) < 4.78 is 0. The molecule has 2 N–H and O–H groups in total. The minimum Gasteiger partial charge on any atom is -0.298 e. The molecule has 0 fully saturated rings. The van der Waals surface area contributed by atoms with Crippen LogP contribution in [0.4, 0.5) is 9.80 Å². The van der Waals surface area contributed by atoms with Crippen LogP contribution in [0.3, 0.4) is 0 Å². The number of nitrogens with zero attached hydrogens (tertiary/aromatic N) is 1. The fourth-order valence-electron chi connectivity index (χ4n) is 2.51. The molecule has 0 atom stereocenters. The molecule has 2 aromatic rings. The minimum atomic E-state index is -0.620. The summed E-state index contributed by atoms with van der Waals surface area (Å²) in [6, 6.07) is 10.0. The lowest BCUT2D eigenvalue weighted by molar-refractivity contribution is 0.0967. The second-order valence-corrected chi connectivity index (χ2v) is 6.05. The van der Waals surface area contributed by atoms with Crippen LogP contribution in [0.5, 0.6) is 0 Å². The van der Waals surface area contributed by atoms with Crippen molar-refractivity contribution < 1.29 is 9.59 Å². The van der Waals surface area contributed by atoms with E-state index in [1.54, 1.807) is 30.3 Å². The maximum Gasteiger partial charge on any atom is 0.326 e. The molecular weight excluding hydrogens is 298 g/mol.